The lowest BCUT2D eigenvalue weighted by molar-refractivity contribution is 0.0936. The molecule has 0 saturated carbocycles. The van der Waals surface area contributed by atoms with Crippen LogP contribution in [0, 0.1) is 12.8 Å². The maximum Gasteiger partial charge on any atom is 0.269 e. The molecule has 0 radical (unpaired) electrons. The molecule has 8 nitrogen and oxygen atoms in total. The molecule has 3 aromatic rings. The van der Waals surface area contributed by atoms with Crippen LogP contribution in [-0.2, 0) is 0 Å². The molecule has 136 valence electrons. The van der Waals surface area contributed by atoms with Gasteiger partial charge in [0.05, 0.1) is 5.69 Å². The molecule has 1 aliphatic heterocycles. The minimum absolute atomic E-state index is 0.0992. The van der Waals surface area contributed by atoms with Crippen molar-refractivity contribution in [2.75, 3.05) is 19.6 Å². The van der Waals surface area contributed by atoms with Crippen molar-refractivity contribution in [2.45, 2.75) is 26.7 Å². The van der Waals surface area contributed by atoms with E-state index in [2.05, 4.69) is 44.8 Å². The first-order chi connectivity index (χ1) is 12.5. The van der Waals surface area contributed by atoms with Gasteiger partial charge in [-0.2, -0.15) is 10.2 Å². The number of fused-ring (bicyclic) bond motifs is 1. The Morgan fingerprint density at radius 1 is 1.42 bits per heavy atom. The molecule has 1 fully saturated rings. The lowest BCUT2D eigenvalue weighted by atomic mass is 9.96. The van der Waals surface area contributed by atoms with Gasteiger partial charge in [0.1, 0.15) is 12.0 Å². The van der Waals surface area contributed by atoms with E-state index in [1.807, 2.05) is 19.2 Å². The summed E-state index contributed by atoms with van der Waals surface area (Å²) in [5, 5.41) is 17.9. The quantitative estimate of drug-likeness (QED) is 0.645. The van der Waals surface area contributed by atoms with Crippen molar-refractivity contribution in [2.24, 2.45) is 5.92 Å². The summed E-state index contributed by atoms with van der Waals surface area (Å²) in [5.74, 6) is 0.570. The fourth-order valence-electron chi connectivity index (χ4n) is 3.35. The average molecular weight is 353 g/mol. The van der Waals surface area contributed by atoms with Gasteiger partial charge in [-0.1, -0.05) is 13.8 Å². The third-order valence-corrected chi connectivity index (χ3v) is 4.86. The molecule has 0 aromatic carbocycles. The molecule has 1 aliphatic rings. The van der Waals surface area contributed by atoms with Crippen molar-refractivity contribution in [3.8, 4) is 11.3 Å². The maximum atomic E-state index is 12.7. The summed E-state index contributed by atoms with van der Waals surface area (Å²) >= 11 is 0. The number of carbonyl (C=O) groups excluding carboxylic acids is 1. The summed E-state index contributed by atoms with van der Waals surface area (Å²) in [6.07, 6.45) is 3.44. The lowest BCUT2D eigenvalue weighted by Gasteiger charge is -2.27. The minimum Gasteiger partial charge on any atom is -0.350 e. The molecule has 8 heteroatoms. The molecule has 4 rings (SSSR count). The normalized spacial score (nSPS) is 14.8. The standard InChI is InChI=1S/C18H23N7O/c1-10(2)14-15(13-4-11(3)17-21-9-22-25(17)8-13)23-24-16(14)18(26)20-7-12-5-19-6-12/h4,8-10,12,19H,5-7H2,1-3H3,(H,20,26)(H,23,24). The highest BCUT2D eigenvalue weighted by Gasteiger charge is 2.24. The summed E-state index contributed by atoms with van der Waals surface area (Å²) < 4.78 is 1.74. The van der Waals surface area contributed by atoms with Gasteiger partial charge in [0.15, 0.2) is 5.65 Å². The van der Waals surface area contributed by atoms with Crippen LogP contribution in [0.5, 0.6) is 0 Å². The SMILES string of the molecule is Cc1cc(-c2n[nH]c(C(=O)NCC3CNC3)c2C(C)C)cn2ncnc12. The Hall–Kier alpha value is -2.74. The number of nitrogens with zero attached hydrogens (tertiary/aromatic N) is 4. The van der Waals surface area contributed by atoms with Crippen molar-refractivity contribution in [3.63, 3.8) is 0 Å². The van der Waals surface area contributed by atoms with Gasteiger partial charge in [0.2, 0.25) is 0 Å². The highest BCUT2D eigenvalue weighted by molar-refractivity contribution is 5.95. The van der Waals surface area contributed by atoms with Gasteiger partial charge in [-0.3, -0.25) is 9.89 Å². The second kappa shape index (κ2) is 6.53. The zero-order chi connectivity index (χ0) is 18.3. The zero-order valence-electron chi connectivity index (χ0n) is 15.2. The summed E-state index contributed by atoms with van der Waals surface area (Å²) in [7, 11) is 0. The van der Waals surface area contributed by atoms with Gasteiger partial charge in [-0.05, 0) is 24.5 Å². The van der Waals surface area contributed by atoms with Crippen LogP contribution < -0.4 is 10.6 Å². The Morgan fingerprint density at radius 3 is 2.92 bits per heavy atom. The van der Waals surface area contributed by atoms with E-state index in [1.54, 1.807) is 4.52 Å². The molecule has 26 heavy (non-hydrogen) atoms. The fourth-order valence-corrected chi connectivity index (χ4v) is 3.35. The number of aromatic nitrogens is 5. The first-order valence-electron chi connectivity index (χ1n) is 8.92. The van der Waals surface area contributed by atoms with Crippen LogP contribution in [0.1, 0.15) is 41.4 Å². The van der Waals surface area contributed by atoms with E-state index in [0.29, 0.717) is 18.2 Å². The third kappa shape index (κ3) is 2.86. The average Bonchev–Trinajstić information content (AvgIpc) is 3.19. The van der Waals surface area contributed by atoms with Gasteiger partial charge in [0, 0.05) is 42.9 Å². The van der Waals surface area contributed by atoms with Crippen LogP contribution in [-0.4, -0.2) is 50.3 Å². The maximum absolute atomic E-state index is 12.7. The van der Waals surface area contributed by atoms with Crippen LogP contribution in [0.4, 0.5) is 0 Å². The molecule has 0 spiro atoms. The number of nitrogens with one attached hydrogen (secondary N) is 3. The molecule has 0 atom stereocenters. The predicted molar refractivity (Wildman–Crippen MR) is 98.1 cm³/mol. The molecule has 4 heterocycles. The number of H-pyrrole nitrogens is 1. The van der Waals surface area contributed by atoms with Crippen molar-refractivity contribution >= 4 is 11.6 Å². The predicted octanol–water partition coefficient (Wildman–Crippen LogP) is 1.50. The van der Waals surface area contributed by atoms with Crippen molar-refractivity contribution < 1.29 is 4.79 Å². The molecular formula is C18H23N7O. The number of hydrogen-bond acceptors (Lipinski definition) is 5. The van der Waals surface area contributed by atoms with Gasteiger partial charge in [-0.25, -0.2) is 9.50 Å². The van der Waals surface area contributed by atoms with Crippen LogP contribution in [0.3, 0.4) is 0 Å². The van der Waals surface area contributed by atoms with E-state index >= 15 is 0 Å². The number of carbonyl (C=O) groups is 1. The zero-order valence-corrected chi connectivity index (χ0v) is 15.2. The van der Waals surface area contributed by atoms with E-state index in [-0.39, 0.29) is 11.8 Å². The van der Waals surface area contributed by atoms with Gasteiger partial charge in [0.25, 0.3) is 5.91 Å². The number of amides is 1. The lowest BCUT2D eigenvalue weighted by Crippen LogP contribution is -2.48. The van der Waals surface area contributed by atoms with E-state index < -0.39 is 0 Å². The number of hydrogen-bond donors (Lipinski definition) is 3. The van der Waals surface area contributed by atoms with Crippen LogP contribution in [0.2, 0.25) is 0 Å². The number of rotatable bonds is 5. The first kappa shape index (κ1) is 16.7. The molecule has 0 bridgehead atoms. The van der Waals surface area contributed by atoms with Crippen molar-refractivity contribution in [1.82, 2.24) is 35.4 Å². The molecule has 0 unspecified atom stereocenters. The Kier molecular flexibility index (Phi) is 4.20. The van der Waals surface area contributed by atoms with Crippen LogP contribution >= 0.6 is 0 Å². The third-order valence-electron chi connectivity index (χ3n) is 4.86. The Balaban J connectivity index is 1.69. The van der Waals surface area contributed by atoms with E-state index in [0.717, 1.165) is 41.1 Å². The van der Waals surface area contributed by atoms with Gasteiger partial charge >= 0.3 is 0 Å². The molecule has 3 N–H and O–H groups in total. The number of pyridine rings is 1. The molecular weight excluding hydrogens is 330 g/mol. The minimum atomic E-state index is -0.0992. The molecule has 1 amide bonds. The van der Waals surface area contributed by atoms with Crippen molar-refractivity contribution in [3.05, 3.63) is 35.4 Å². The second-order valence-electron chi connectivity index (χ2n) is 7.19. The highest BCUT2D eigenvalue weighted by Crippen LogP contribution is 2.31. The summed E-state index contributed by atoms with van der Waals surface area (Å²) in [5.41, 5.74) is 5.01. The smallest absolute Gasteiger partial charge is 0.269 e. The molecule has 3 aromatic heterocycles. The monoisotopic (exact) mass is 353 g/mol. The Morgan fingerprint density at radius 2 is 2.23 bits per heavy atom. The topological polar surface area (TPSA) is 100 Å². The number of aromatic amines is 1. The number of aryl methyl sites for hydroxylation is 1. The van der Waals surface area contributed by atoms with E-state index in [9.17, 15) is 4.79 Å². The largest absolute Gasteiger partial charge is 0.350 e. The molecule has 0 aliphatic carbocycles. The highest BCUT2D eigenvalue weighted by atomic mass is 16.1. The Bertz CT molecular complexity index is 952. The van der Waals surface area contributed by atoms with Crippen LogP contribution in [0.15, 0.2) is 18.6 Å². The molecule has 1 saturated heterocycles. The fraction of sp³-hybridized carbons (Fsp3) is 0.444. The first-order valence-corrected chi connectivity index (χ1v) is 8.92. The van der Waals surface area contributed by atoms with Crippen LogP contribution in [0.25, 0.3) is 16.9 Å². The van der Waals surface area contributed by atoms with Gasteiger partial charge in [-0.15, -0.1) is 0 Å². The summed E-state index contributed by atoms with van der Waals surface area (Å²) in [4.78, 5) is 16.9. The van der Waals surface area contributed by atoms with E-state index in [1.165, 1.54) is 6.33 Å². The Labute approximate surface area is 151 Å². The van der Waals surface area contributed by atoms with Crippen molar-refractivity contribution in [1.29, 1.82) is 0 Å². The van der Waals surface area contributed by atoms with Gasteiger partial charge < -0.3 is 10.6 Å². The second-order valence-corrected chi connectivity index (χ2v) is 7.19. The van der Waals surface area contributed by atoms with E-state index in [4.69, 9.17) is 0 Å². The summed E-state index contributed by atoms with van der Waals surface area (Å²) in [6.45, 7) is 8.74. The summed E-state index contributed by atoms with van der Waals surface area (Å²) in [6, 6.07) is 2.04.